The second kappa shape index (κ2) is 4.82. The van der Waals surface area contributed by atoms with E-state index < -0.39 is 0 Å². The van der Waals surface area contributed by atoms with Gasteiger partial charge in [0.1, 0.15) is 11.4 Å². The van der Waals surface area contributed by atoms with E-state index in [4.69, 9.17) is 4.74 Å². The van der Waals surface area contributed by atoms with Crippen molar-refractivity contribution in [3.63, 3.8) is 0 Å². The average Bonchev–Trinajstić information content (AvgIpc) is 3.10. The number of nitrogens with zero attached hydrogens (tertiary/aromatic N) is 1. The molecule has 86 valence electrons. The minimum absolute atomic E-state index is 0.368. The van der Waals surface area contributed by atoms with E-state index in [0.717, 1.165) is 16.9 Å². The third-order valence-electron chi connectivity index (χ3n) is 2.51. The molecule has 0 amide bonds. The Labute approximate surface area is 103 Å². The highest BCUT2D eigenvalue weighted by atomic mass is 79.9. The highest BCUT2D eigenvalue weighted by Gasteiger charge is 2.22. The summed E-state index contributed by atoms with van der Waals surface area (Å²) in [6.07, 6.45) is 4.19. The average molecular weight is 285 g/mol. The predicted molar refractivity (Wildman–Crippen MR) is 64.5 cm³/mol. The van der Waals surface area contributed by atoms with Crippen LogP contribution < -0.4 is 5.32 Å². The first-order valence-electron chi connectivity index (χ1n) is 5.18. The predicted octanol–water partition coefficient (Wildman–Crippen LogP) is 2.45. The Morgan fingerprint density at radius 2 is 2.44 bits per heavy atom. The molecule has 1 saturated carbocycles. The fourth-order valence-electron chi connectivity index (χ4n) is 1.41. The van der Waals surface area contributed by atoms with Crippen LogP contribution in [0.1, 0.15) is 23.2 Å². The fourth-order valence-corrected chi connectivity index (χ4v) is 1.74. The quantitative estimate of drug-likeness (QED) is 0.863. The van der Waals surface area contributed by atoms with Crippen LogP contribution in [0.3, 0.4) is 0 Å². The Kier molecular flexibility index (Phi) is 3.43. The molecule has 0 spiro atoms. The summed E-state index contributed by atoms with van der Waals surface area (Å²) < 4.78 is 5.48. The van der Waals surface area contributed by atoms with Crippen LogP contribution in [0.4, 0.5) is 5.82 Å². The normalized spacial score (nSPS) is 14.6. The number of carbonyl (C=O) groups is 1. The van der Waals surface area contributed by atoms with E-state index in [-0.39, 0.29) is 5.97 Å². The maximum Gasteiger partial charge on any atom is 0.341 e. The summed E-state index contributed by atoms with van der Waals surface area (Å²) in [6, 6.07) is 1.72. The molecular formula is C11H13BrN2O2. The molecule has 16 heavy (non-hydrogen) atoms. The SMILES string of the molecule is COC(=O)c1cc(Br)cnc1NCC1CC1. The van der Waals surface area contributed by atoms with Gasteiger partial charge in [0, 0.05) is 17.2 Å². The summed E-state index contributed by atoms with van der Waals surface area (Å²) in [5.74, 6) is 0.963. The van der Waals surface area contributed by atoms with Crippen molar-refractivity contribution in [3.05, 3.63) is 22.3 Å². The Morgan fingerprint density at radius 1 is 1.69 bits per heavy atom. The maximum absolute atomic E-state index is 11.5. The molecule has 0 aromatic carbocycles. The first-order chi connectivity index (χ1) is 7.70. The van der Waals surface area contributed by atoms with Crippen molar-refractivity contribution >= 4 is 27.7 Å². The molecule has 0 saturated heterocycles. The van der Waals surface area contributed by atoms with E-state index in [2.05, 4.69) is 26.2 Å². The molecule has 0 radical (unpaired) electrons. The highest BCUT2D eigenvalue weighted by Crippen LogP contribution is 2.29. The van der Waals surface area contributed by atoms with Gasteiger partial charge in [0.2, 0.25) is 0 Å². The first-order valence-corrected chi connectivity index (χ1v) is 5.97. The minimum Gasteiger partial charge on any atom is -0.465 e. The van der Waals surface area contributed by atoms with Gasteiger partial charge in [-0.05, 0) is 40.8 Å². The number of halogens is 1. The van der Waals surface area contributed by atoms with Crippen LogP contribution in [0.5, 0.6) is 0 Å². The van der Waals surface area contributed by atoms with Gasteiger partial charge in [0.05, 0.1) is 7.11 Å². The van der Waals surface area contributed by atoms with Crippen molar-refractivity contribution < 1.29 is 9.53 Å². The van der Waals surface area contributed by atoms with Gasteiger partial charge in [-0.25, -0.2) is 9.78 Å². The van der Waals surface area contributed by atoms with E-state index in [1.54, 1.807) is 12.3 Å². The van der Waals surface area contributed by atoms with Gasteiger partial charge >= 0.3 is 5.97 Å². The third kappa shape index (κ3) is 2.72. The van der Waals surface area contributed by atoms with Gasteiger partial charge in [-0.3, -0.25) is 0 Å². The Bertz CT molecular complexity index is 405. The van der Waals surface area contributed by atoms with Gasteiger partial charge in [0.15, 0.2) is 0 Å². The molecule has 0 atom stereocenters. The van der Waals surface area contributed by atoms with Crippen LogP contribution in [0.15, 0.2) is 16.7 Å². The summed E-state index contributed by atoms with van der Waals surface area (Å²) in [5.41, 5.74) is 0.470. The zero-order chi connectivity index (χ0) is 11.5. The molecule has 0 aliphatic heterocycles. The molecular weight excluding hydrogens is 272 g/mol. The summed E-state index contributed by atoms with van der Waals surface area (Å²) in [4.78, 5) is 15.7. The lowest BCUT2D eigenvalue weighted by molar-refractivity contribution is 0.0601. The van der Waals surface area contributed by atoms with Crippen molar-refractivity contribution in [2.45, 2.75) is 12.8 Å². The monoisotopic (exact) mass is 284 g/mol. The number of hydrogen-bond acceptors (Lipinski definition) is 4. The van der Waals surface area contributed by atoms with Crippen molar-refractivity contribution in [2.75, 3.05) is 19.0 Å². The number of esters is 1. The fraction of sp³-hybridized carbons (Fsp3) is 0.455. The number of rotatable bonds is 4. The number of methoxy groups -OCH3 is 1. The van der Waals surface area contributed by atoms with Gasteiger partial charge in [-0.1, -0.05) is 0 Å². The van der Waals surface area contributed by atoms with E-state index in [9.17, 15) is 4.79 Å². The number of pyridine rings is 1. The summed E-state index contributed by atoms with van der Waals surface area (Å²) in [5, 5.41) is 3.18. The molecule has 0 bridgehead atoms. The number of aromatic nitrogens is 1. The molecule has 0 unspecified atom stereocenters. The number of ether oxygens (including phenoxy) is 1. The van der Waals surface area contributed by atoms with E-state index in [1.807, 2.05) is 0 Å². The van der Waals surface area contributed by atoms with E-state index in [0.29, 0.717) is 11.4 Å². The lowest BCUT2D eigenvalue weighted by atomic mass is 10.2. The second-order valence-corrected chi connectivity index (χ2v) is 4.78. The summed E-state index contributed by atoms with van der Waals surface area (Å²) >= 11 is 3.29. The van der Waals surface area contributed by atoms with Crippen LogP contribution in [0.25, 0.3) is 0 Å². The number of carbonyl (C=O) groups excluding carboxylic acids is 1. The van der Waals surface area contributed by atoms with Crippen LogP contribution in [-0.4, -0.2) is 24.6 Å². The molecule has 1 aromatic heterocycles. The number of anilines is 1. The maximum atomic E-state index is 11.5. The van der Waals surface area contributed by atoms with Crippen LogP contribution in [-0.2, 0) is 4.74 Å². The molecule has 1 aromatic rings. The smallest absolute Gasteiger partial charge is 0.341 e. The zero-order valence-electron chi connectivity index (χ0n) is 9.00. The van der Waals surface area contributed by atoms with E-state index >= 15 is 0 Å². The first kappa shape index (κ1) is 11.4. The van der Waals surface area contributed by atoms with Crippen LogP contribution >= 0.6 is 15.9 Å². The Morgan fingerprint density at radius 3 is 3.06 bits per heavy atom. The standard InChI is InChI=1S/C11H13BrN2O2/c1-16-11(15)9-4-8(12)6-14-10(9)13-5-7-2-3-7/h4,6-7H,2-3,5H2,1H3,(H,13,14). The van der Waals surface area contributed by atoms with Gasteiger partial charge in [-0.15, -0.1) is 0 Å². The molecule has 1 aliphatic carbocycles. The molecule has 1 fully saturated rings. The molecule has 1 heterocycles. The molecule has 1 N–H and O–H groups in total. The van der Waals surface area contributed by atoms with Crippen LogP contribution in [0, 0.1) is 5.92 Å². The largest absolute Gasteiger partial charge is 0.465 e. The third-order valence-corrected chi connectivity index (χ3v) is 2.95. The van der Waals surface area contributed by atoms with Gasteiger partial charge in [0.25, 0.3) is 0 Å². The lowest BCUT2D eigenvalue weighted by Gasteiger charge is -2.09. The highest BCUT2D eigenvalue weighted by molar-refractivity contribution is 9.10. The van der Waals surface area contributed by atoms with Gasteiger partial charge in [-0.2, -0.15) is 0 Å². The summed E-state index contributed by atoms with van der Waals surface area (Å²) in [7, 11) is 1.37. The van der Waals surface area contributed by atoms with Crippen molar-refractivity contribution in [1.29, 1.82) is 0 Å². The molecule has 2 rings (SSSR count). The lowest BCUT2D eigenvalue weighted by Crippen LogP contribution is -2.11. The zero-order valence-corrected chi connectivity index (χ0v) is 10.6. The number of hydrogen-bond donors (Lipinski definition) is 1. The van der Waals surface area contributed by atoms with Crippen molar-refractivity contribution in [2.24, 2.45) is 5.92 Å². The minimum atomic E-state index is -0.368. The Balaban J connectivity index is 2.16. The Hall–Kier alpha value is -1.10. The molecule has 5 heteroatoms. The molecule has 1 aliphatic rings. The van der Waals surface area contributed by atoms with Crippen molar-refractivity contribution in [3.8, 4) is 0 Å². The topological polar surface area (TPSA) is 51.2 Å². The van der Waals surface area contributed by atoms with Gasteiger partial charge < -0.3 is 10.1 Å². The van der Waals surface area contributed by atoms with E-state index in [1.165, 1.54) is 20.0 Å². The van der Waals surface area contributed by atoms with Crippen LogP contribution in [0.2, 0.25) is 0 Å². The second-order valence-electron chi connectivity index (χ2n) is 3.87. The van der Waals surface area contributed by atoms with Crippen molar-refractivity contribution in [1.82, 2.24) is 4.98 Å². The molecule has 4 nitrogen and oxygen atoms in total. The number of nitrogens with one attached hydrogen (secondary N) is 1. The summed E-state index contributed by atoms with van der Waals surface area (Å²) in [6.45, 7) is 0.874.